The Bertz CT molecular complexity index is 591. The number of benzene rings is 1. The van der Waals surface area contributed by atoms with Crippen molar-refractivity contribution in [2.45, 2.75) is 6.42 Å². The van der Waals surface area contributed by atoms with Crippen molar-refractivity contribution in [3.8, 4) is 6.07 Å². The number of urea groups is 1. The molecule has 1 saturated heterocycles. The summed E-state index contributed by atoms with van der Waals surface area (Å²) < 4.78 is 13.0. The van der Waals surface area contributed by atoms with Crippen molar-refractivity contribution >= 4 is 17.7 Å². The summed E-state index contributed by atoms with van der Waals surface area (Å²) >= 11 is 0. The van der Waals surface area contributed by atoms with E-state index < -0.39 is 17.8 Å². The van der Waals surface area contributed by atoms with Gasteiger partial charge in [0, 0.05) is 19.0 Å². The number of likely N-dealkylation sites (tertiary alicyclic amines) is 1. The first-order valence-corrected chi connectivity index (χ1v) is 5.97. The van der Waals surface area contributed by atoms with Crippen molar-refractivity contribution in [3.05, 3.63) is 29.6 Å². The number of carbonyl (C=O) groups excluding carboxylic acids is 1. The zero-order chi connectivity index (χ0) is 14.7. The number of nitrogens with one attached hydrogen (secondary N) is 1. The third kappa shape index (κ3) is 3.03. The predicted octanol–water partition coefficient (Wildman–Crippen LogP) is 1.64. The number of amides is 2. The highest BCUT2D eigenvalue weighted by Gasteiger charge is 2.32. The fourth-order valence-electron chi connectivity index (χ4n) is 2.02. The lowest BCUT2D eigenvalue weighted by Gasteiger charge is -2.38. The Kier molecular flexibility index (Phi) is 3.84. The maximum atomic E-state index is 13.0. The van der Waals surface area contributed by atoms with Gasteiger partial charge in [0.2, 0.25) is 0 Å². The van der Waals surface area contributed by atoms with Gasteiger partial charge >= 0.3 is 12.0 Å². The molecule has 6 nitrogen and oxygen atoms in total. The molecule has 2 rings (SSSR count). The number of aliphatic carboxylic acids is 1. The summed E-state index contributed by atoms with van der Waals surface area (Å²) in [6, 6.07) is 4.89. The number of nitriles is 1. The minimum absolute atomic E-state index is 0.0315. The molecule has 7 heteroatoms. The number of anilines is 1. The first-order chi connectivity index (χ1) is 9.49. The van der Waals surface area contributed by atoms with Crippen LogP contribution in [0.5, 0.6) is 0 Å². The van der Waals surface area contributed by atoms with Crippen molar-refractivity contribution in [1.82, 2.24) is 4.90 Å². The summed E-state index contributed by atoms with van der Waals surface area (Å²) in [4.78, 5) is 23.8. The molecular formula is C13H12FN3O3. The Morgan fingerprint density at radius 3 is 2.80 bits per heavy atom. The minimum atomic E-state index is -0.889. The normalized spacial score (nSPS) is 14.3. The Morgan fingerprint density at radius 2 is 2.20 bits per heavy atom. The fourth-order valence-corrected chi connectivity index (χ4v) is 2.02. The molecule has 0 bridgehead atoms. The van der Waals surface area contributed by atoms with Gasteiger partial charge in [-0.2, -0.15) is 5.26 Å². The molecule has 1 heterocycles. The molecule has 1 aromatic rings. The zero-order valence-corrected chi connectivity index (χ0v) is 10.5. The van der Waals surface area contributed by atoms with Crippen LogP contribution in [0.1, 0.15) is 12.0 Å². The van der Waals surface area contributed by atoms with Gasteiger partial charge in [0.1, 0.15) is 11.9 Å². The van der Waals surface area contributed by atoms with E-state index in [4.69, 9.17) is 10.4 Å². The summed E-state index contributed by atoms with van der Waals surface area (Å²) in [5, 5.41) is 20.0. The van der Waals surface area contributed by atoms with E-state index in [0.717, 1.165) is 12.1 Å². The van der Waals surface area contributed by atoms with Crippen LogP contribution in [-0.4, -0.2) is 35.1 Å². The Labute approximate surface area is 114 Å². The Hall–Kier alpha value is -2.62. The van der Waals surface area contributed by atoms with Crippen LogP contribution in [0.4, 0.5) is 14.9 Å². The van der Waals surface area contributed by atoms with Crippen molar-refractivity contribution in [2.75, 3.05) is 18.4 Å². The fraction of sp³-hybridized carbons (Fsp3) is 0.308. The van der Waals surface area contributed by atoms with Crippen LogP contribution < -0.4 is 5.32 Å². The number of carboxylic acid groups (broad SMARTS) is 1. The van der Waals surface area contributed by atoms with Crippen molar-refractivity contribution in [2.24, 2.45) is 5.92 Å². The summed E-state index contributed by atoms with van der Waals surface area (Å²) in [6.45, 7) is 0.725. The Morgan fingerprint density at radius 1 is 1.50 bits per heavy atom. The molecule has 0 spiro atoms. The zero-order valence-electron chi connectivity index (χ0n) is 10.5. The van der Waals surface area contributed by atoms with Crippen LogP contribution in [0.3, 0.4) is 0 Å². The van der Waals surface area contributed by atoms with Gasteiger partial charge in [-0.05, 0) is 18.2 Å². The van der Waals surface area contributed by atoms with E-state index in [1.54, 1.807) is 6.07 Å². The van der Waals surface area contributed by atoms with Crippen LogP contribution >= 0.6 is 0 Å². The SMILES string of the molecule is N#Cc1cc(F)ccc1NC(=O)N1CC(CC(=O)O)C1. The second kappa shape index (κ2) is 5.57. The highest BCUT2D eigenvalue weighted by molar-refractivity contribution is 5.91. The smallest absolute Gasteiger partial charge is 0.321 e. The number of rotatable bonds is 3. The molecule has 0 aliphatic carbocycles. The third-order valence-corrected chi connectivity index (χ3v) is 3.05. The number of halogens is 1. The maximum absolute atomic E-state index is 13.0. The molecule has 0 unspecified atom stereocenters. The predicted molar refractivity (Wildman–Crippen MR) is 67.4 cm³/mol. The average molecular weight is 277 g/mol. The summed E-state index contributed by atoms with van der Waals surface area (Å²) in [5.74, 6) is -1.48. The molecule has 2 N–H and O–H groups in total. The van der Waals surface area contributed by atoms with Crippen LogP contribution in [0.15, 0.2) is 18.2 Å². The van der Waals surface area contributed by atoms with Gasteiger partial charge in [-0.3, -0.25) is 4.79 Å². The molecule has 0 aromatic heterocycles. The molecule has 0 saturated carbocycles. The van der Waals surface area contributed by atoms with E-state index in [2.05, 4.69) is 5.32 Å². The quantitative estimate of drug-likeness (QED) is 0.878. The lowest BCUT2D eigenvalue weighted by Crippen LogP contribution is -2.52. The highest BCUT2D eigenvalue weighted by Crippen LogP contribution is 2.22. The van der Waals surface area contributed by atoms with Gasteiger partial charge in [-0.25, -0.2) is 9.18 Å². The number of carbonyl (C=O) groups is 2. The summed E-state index contributed by atoms with van der Waals surface area (Å²) in [7, 11) is 0. The van der Waals surface area contributed by atoms with Gasteiger partial charge in [-0.15, -0.1) is 0 Å². The molecule has 1 aliphatic rings. The second-order valence-electron chi connectivity index (χ2n) is 4.60. The van der Waals surface area contributed by atoms with Gasteiger partial charge in [0.05, 0.1) is 17.7 Å². The molecule has 0 radical (unpaired) electrons. The van der Waals surface area contributed by atoms with Crippen LogP contribution in [0.25, 0.3) is 0 Å². The van der Waals surface area contributed by atoms with Crippen LogP contribution in [-0.2, 0) is 4.79 Å². The Balaban J connectivity index is 1.94. The average Bonchev–Trinajstić information content (AvgIpc) is 2.34. The van der Waals surface area contributed by atoms with E-state index in [1.165, 1.54) is 11.0 Å². The largest absolute Gasteiger partial charge is 0.481 e. The van der Waals surface area contributed by atoms with Gasteiger partial charge in [0.15, 0.2) is 0 Å². The molecule has 0 atom stereocenters. The van der Waals surface area contributed by atoms with Crippen LogP contribution in [0, 0.1) is 23.1 Å². The molecule has 1 aromatic carbocycles. The number of hydrogen-bond donors (Lipinski definition) is 2. The topological polar surface area (TPSA) is 93.4 Å². The van der Waals surface area contributed by atoms with Gasteiger partial charge in [0.25, 0.3) is 0 Å². The third-order valence-electron chi connectivity index (χ3n) is 3.05. The van der Waals surface area contributed by atoms with Gasteiger partial charge < -0.3 is 15.3 Å². The van der Waals surface area contributed by atoms with Crippen molar-refractivity contribution in [1.29, 1.82) is 5.26 Å². The van der Waals surface area contributed by atoms with E-state index >= 15 is 0 Å². The van der Waals surface area contributed by atoms with E-state index in [0.29, 0.717) is 13.1 Å². The molecule has 1 aliphatic heterocycles. The van der Waals surface area contributed by atoms with E-state index in [1.807, 2.05) is 0 Å². The van der Waals surface area contributed by atoms with Crippen molar-refractivity contribution in [3.63, 3.8) is 0 Å². The molecule has 1 fully saturated rings. The van der Waals surface area contributed by atoms with E-state index in [-0.39, 0.29) is 23.6 Å². The lowest BCUT2D eigenvalue weighted by atomic mass is 9.97. The monoisotopic (exact) mass is 277 g/mol. The molecule has 20 heavy (non-hydrogen) atoms. The van der Waals surface area contributed by atoms with E-state index in [9.17, 15) is 14.0 Å². The second-order valence-corrected chi connectivity index (χ2v) is 4.60. The molecule has 2 amide bonds. The number of carboxylic acids is 1. The van der Waals surface area contributed by atoms with Crippen LogP contribution in [0.2, 0.25) is 0 Å². The minimum Gasteiger partial charge on any atom is -0.481 e. The molecular weight excluding hydrogens is 265 g/mol. The number of nitrogens with zero attached hydrogens (tertiary/aromatic N) is 2. The highest BCUT2D eigenvalue weighted by atomic mass is 19.1. The maximum Gasteiger partial charge on any atom is 0.321 e. The first kappa shape index (κ1) is 13.8. The summed E-state index contributed by atoms with van der Waals surface area (Å²) in [5.41, 5.74) is 0.279. The van der Waals surface area contributed by atoms with Crippen molar-refractivity contribution < 1.29 is 19.1 Å². The summed E-state index contributed by atoms with van der Waals surface area (Å²) in [6.07, 6.45) is 0.0315. The lowest BCUT2D eigenvalue weighted by molar-refractivity contribution is -0.139. The first-order valence-electron chi connectivity index (χ1n) is 5.97. The standard InChI is InChI=1S/C13H12FN3O3/c14-10-1-2-11(9(4-10)5-15)16-13(20)17-6-8(7-17)3-12(18)19/h1-2,4,8H,3,6-7H2,(H,16,20)(H,18,19). The van der Waals surface area contributed by atoms with Gasteiger partial charge in [-0.1, -0.05) is 0 Å². The number of hydrogen-bond acceptors (Lipinski definition) is 3. The molecule has 104 valence electrons.